The van der Waals surface area contributed by atoms with Crippen LogP contribution in [0.15, 0.2) is 0 Å². The van der Waals surface area contributed by atoms with Gasteiger partial charge in [-0.05, 0) is 47.0 Å². The molecule has 1 aliphatic rings. The first-order valence-electron chi connectivity index (χ1n) is 8.43. The molecule has 0 spiro atoms. The van der Waals surface area contributed by atoms with Crippen LogP contribution in [-0.2, 0) is 9.47 Å². The van der Waals surface area contributed by atoms with E-state index in [1.54, 1.807) is 4.90 Å². The highest BCUT2D eigenvalue weighted by atomic mass is 16.6. The Morgan fingerprint density at radius 1 is 1.41 bits per heavy atom. The van der Waals surface area contributed by atoms with Crippen molar-refractivity contribution in [1.29, 1.82) is 0 Å². The average molecular weight is 309 g/mol. The predicted octanol–water partition coefficient (Wildman–Crippen LogP) is 4.19. The molecule has 0 aromatic heterocycles. The summed E-state index contributed by atoms with van der Waals surface area (Å²) >= 11 is 0. The van der Waals surface area contributed by atoms with Gasteiger partial charge in [-0.15, -0.1) is 11.8 Å². The zero-order chi connectivity index (χ0) is 16.6. The number of ether oxygens (including phenoxy) is 2. The number of likely N-dealkylation sites (tertiary alicyclic amines) is 1. The molecule has 0 radical (unpaired) electrons. The van der Waals surface area contributed by atoms with Gasteiger partial charge in [-0.25, -0.2) is 4.79 Å². The Bertz CT molecular complexity index is 410. The van der Waals surface area contributed by atoms with Gasteiger partial charge in [-0.2, -0.15) is 0 Å². The van der Waals surface area contributed by atoms with Crippen LogP contribution in [0.3, 0.4) is 0 Å². The van der Waals surface area contributed by atoms with E-state index in [9.17, 15) is 4.79 Å². The lowest BCUT2D eigenvalue weighted by Gasteiger charge is -2.41. The molecule has 1 rings (SSSR count). The maximum atomic E-state index is 12.5. The fourth-order valence-electron chi connectivity index (χ4n) is 3.05. The van der Waals surface area contributed by atoms with Gasteiger partial charge in [0, 0.05) is 25.0 Å². The smallest absolute Gasteiger partial charge is 0.412 e. The van der Waals surface area contributed by atoms with E-state index in [4.69, 9.17) is 9.47 Å². The van der Waals surface area contributed by atoms with Gasteiger partial charge in [-0.1, -0.05) is 13.3 Å². The van der Waals surface area contributed by atoms with Gasteiger partial charge in [0.25, 0.3) is 0 Å². The molecular formula is C18H31NO3. The van der Waals surface area contributed by atoms with Crippen LogP contribution in [0.25, 0.3) is 0 Å². The van der Waals surface area contributed by atoms with Gasteiger partial charge in [0.05, 0.1) is 6.10 Å². The minimum absolute atomic E-state index is 0.0770. The van der Waals surface area contributed by atoms with Crippen molar-refractivity contribution >= 4 is 6.09 Å². The highest BCUT2D eigenvalue weighted by molar-refractivity contribution is 5.68. The predicted molar refractivity (Wildman–Crippen MR) is 88.4 cm³/mol. The van der Waals surface area contributed by atoms with Gasteiger partial charge in [0.15, 0.2) is 0 Å². The zero-order valence-corrected chi connectivity index (χ0v) is 14.8. The molecule has 2 atom stereocenters. The SMILES string of the molecule is CC#CCCC1(C)CCCCN(C(=O)OC(C)C)C1OCC. The first-order valence-corrected chi connectivity index (χ1v) is 8.43. The molecule has 0 N–H and O–H groups in total. The Hall–Kier alpha value is -1.21. The fourth-order valence-corrected chi connectivity index (χ4v) is 3.05. The molecule has 1 heterocycles. The highest BCUT2D eigenvalue weighted by Crippen LogP contribution is 2.39. The summed E-state index contributed by atoms with van der Waals surface area (Å²) in [6.07, 6.45) is 4.31. The van der Waals surface area contributed by atoms with Crippen molar-refractivity contribution in [3.63, 3.8) is 0 Å². The van der Waals surface area contributed by atoms with Crippen molar-refractivity contribution in [2.75, 3.05) is 13.2 Å². The minimum atomic E-state index is -0.261. The lowest BCUT2D eigenvalue weighted by molar-refractivity contribution is -0.117. The average Bonchev–Trinajstić information content (AvgIpc) is 2.60. The molecule has 4 nitrogen and oxygen atoms in total. The van der Waals surface area contributed by atoms with E-state index in [0.717, 1.165) is 32.1 Å². The van der Waals surface area contributed by atoms with Crippen LogP contribution < -0.4 is 0 Å². The number of hydrogen-bond acceptors (Lipinski definition) is 3. The van der Waals surface area contributed by atoms with E-state index in [0.29, 0.717) is 13.2 Å². The molecule has 0 bridgehead atoms. The van der Waals surface area contributed by atoms with E-state index in [2.05, 4.69) is 18.8 Å². The van der Waals surface area contributed by atoms with Gasteiger partial charge in [0.1, 0.15) is 6.23 Å². The molecule has 0 aromatic carbocycles. The van der Waals surface area contributed by atoms with E-state index in [1.807, 2.05) is 27.7 Å². The summed E-state index contributed by atoms with van der Waals surface area (Å²) < 4.78 is 11.4. The summed E-state index contributed by atoms with van der Waals surface area (Å²) in [4.78, 5) is 14.2. The van der Waals surface area contributed by atoms with Crippen LogP contribution in [0.2, 0.25) is 0 Å². The molecule has 22 heavy (non-hydrogen) atoms. The van der Waals surface area contributed by atoms with Crippen molar-refractivity contribution in [2.24, 2.45) is 5.41 Å². The lowest BCUT2D eigenvalue weighted by atomic mass is 9.79. The zero-order valence-electron chi connectivity index (χ0n) is 14.8. The molecule has 2 unspecified atom stereocenters. The van der Waals surface area contributed by atoms with Crippen molar-refractivity contribution in [2.45, 2.75) is 79.1 Å². The monoisotopic (exact) mass is 309 g/mol. The van der Waals surface area contributed by atoms with Crippen molar-refractivity contribution in [1.82, 2.24) is 4.90 Å². The maximum absolute atomic E-state index is 12.5. The van der Waals surface area contributed by atoms with E-state index in [-0.39, 0.29) is 23.8 Å². The first kappa shape index (κ1) is 18.8. The second kappa shape index (κ2) is 9.05. The van der Waals surface area contributed by atoms with Gasteiger partial charge in [0.2, 0.25) is 0 Å². The van der Waals surface area contributed by atoms with E-state index >= 15 is 0 Å². The van der Waals surface area contributed by atoms with Crippen LogP contribution in [0.5, 0.6) is 0 Å². The molecule has 1 aliphatic heterocycles. The molecule has 0 aromatic rings. The number of carbonyl (C=O) groups is 1. The summed E-state index contributed by atoms with van der Waals surface area (Å²) in [6, 6.07) is 0. The molecule has 0 saturated carbocycles. The number of hydrogen-bond donors (Lipinski definition) is 0. The third-order valence-electron chi connectivity index (χ3n) is 4.17. The van der Waals surface area contributed by atoms with Crippen LogP contribution >= 0.6 is 0 Å². The van der Waals surface area contributed by atoms with E-state index in [1.165, 1.54) is 0 Å². The van der Waals surface area contributed by atoms with Crippen LogP contribution in [0, 0.1) is 17.3 Å². The van der Waals surface area contributed by atoms with Crippen molar-refractivity contribution < 1.29 is 14.3 Å². The second-order valence-corrected chi connectivity index (χ2v) is 6.47. The lowest BCUT2D eigenvalue weighted by Crippen LogP contribution is -2.50. The van der Waals surface area contributed by atoms with Crippen LogP contribution in [-0.4, -0.2) is 36.5 Å². The quantitative estimate of drug-likeness (QED) is 0.715. The molecule has 0 aliphatic carbocycles. The first-order chi connectivity index (χ1) is 10.4. The standard InChI is InChI=1S/C18H31NO3/c1-6-8-9-12-18(5)13-10-11-14-19(16(18)21-7-2)17(20)22-15(3)4/h15-16H,7,9-14H2,1-5H3. The molecule has 1 fully saturated rings. The molecule has 1 amide bonds. The van der Waals surface area contributed by atoms with Crippen molar-refractivity contribution in [3.05, 3.63) is 0 Å². The summed E-state index contributed by atoms with van der Waals surface area (Å²) in [5.74, 6) is 6.09. The van der Waals surface area contributed by atoms with Crippen molar-refractivity contribution in [3.8, 4) is 11.8 Å². The fraction of sp³-hybridized carbons (Fsp3) is 0.833. The number of nitrogens with zero attached hydrogens (tertiary/aromatic N) is 1. The molecule has 126 valence electrons. The Labute approximate surface area is 135 Å². The normalized spacial score (nSPS) is 25.4. The van der Waals surface area contributed by atoms with Crippen LogP contribution in [0.1, 0.15) is 66.7 Å². The Balaban J connectivity index is 2.97. The largest absolute Gasteiger partial charge is 0.447 e. The van der Waals surface area contributed by atoms with Gasteiger partial charge in [-0.3, -0.25) is 4.90 Å². The Kier molecular flexibility index (Phi) is 7.75. The Morgan fingerprint density at radius 3 is 2.73 bits per heavy atom. The summed E-state index contributed by atoms with van der Waals surface area (Å²) in [5, 5.41) is 0. The Morgan fingerprint density at radius 2 is 2.14 bits per heavy atom. The van der Waals surface area contributed by atoms with Gasteiger partial charge >= 0.3 is 6.09 Å². The van der Waals surface area contributed by atoms with Gasteiger partial charge < -0.3 is 9.47 Å². The number of carbonyl (C=O) groups excluding carboxylic acids is 1. The number of rotatable bonds is 5. The molecular weight excluding hydrogens is 278 g/mol. The summed E-state index contributed by atoms with van der Waals surface area (Å²) in [7, 11) is 0. The van der Waals surface area contributed by atoms with Crippen LogP contribution in [0.4, 0.5) is 4.79 Å². The summed E-state index contributed by atoms with van der Waals surface area (Å²) in [5.41, 5.74) is -0.0770. The molecule has 4 heteroatoms. The molecule has 1 saturated heterocycles. The second-order valence-electron chi connectivity index (χ2n) is 6.47. The minimum Gasteiger partial charge on any atom is -0.447 e. The number of amides is 1. The maximum Gasteiger partial charge on any atom is 0.412 e. The third-order valence-corrected chi connectivity index (χ3v) is 4.17. The third kappa shape index (κ3) is 5.21. The topological polar surface area (TPSA) is 38.8 Å². The van der Waals surface area contributed by atoms with E-state index < -0.39 is 0 Å². The summed E-state index contributed by atoms with van der Waals surface area (Å²) in [6.45, 7) is 11.1. The highest BCUT2D eigenvalue weighted by Gasteiger charge is 2.42.